The molecule has 0 aliphatic rings. The lowest BCUT2D eigenvalue weighted by Gasteiger charge is -2.25. The number of halogens is 1. The van der Waals surface area contributed by atoms with Gasteiger partial charge in [-0.1, -0.05) is 24.3 Å². The highest BCUT2D eigenvalue weighted by Crippen LogP contribution is 2.27. The van der Waals surface area contributed by atoms with Crippen molar-refractivity contribution in [3.8, 4) is 0 Å². The molecule has 0 heterocycles. The number of benzene rings is 2. The zero-order valence-corrected chi connectivity index (χ0v) is 15.2. The molecule has 0 saturated carbocycles. The Morgan fingerprint density at radius 1 is 1.21 bits per heavy atom. The van der Waals surface area contributed by atoms with Crippen LogP contribution in [0, 0.1) is 12.7 Å². The number of carbonyl (C=O) groups excluding carboxylic acids is 1. The van der Waals surface area contributed by atoms with Crippen LogP contribution < -0.4 is 5.32 Å². The molecular formula is C19H22FNO2S. The van der Waals surface area contributed by atoms with Gasteiger partial charge in [0.25, 0.3) is 0 Å². The highest BCUT2D eigenvalue weighted by atomic mass is 32.2. The molecule has 0 aliphatic heterocycles. The van der Waals surface area contributed by atoms with Gasteiger partial charge in [0, 0.05) is 28.5 Å². The summed E-state index contributed by atoms with van der Waals surface area (Å²) in [6.45, 7) is 5.42. The van der Waals surface area contributed by atoms with E-state index < -0.39 is 16.2 Å². The van der Waals surface area contributed by atoms with Crippen LogP contribution in [0.4, 0.5) is 10.1 Å². The third kappa shape index (κ3) is 4.09. The molecule has 0 saturated heterocycles. The van der Waals surface area contributed by atoms with Crippen molar-refractivity contribution in [2.45, 2.75) is 31.9 Å². The first-order chi connectivity index (χ1) is 11.2. The van der Waals surface area contributed by atoms with E-state index >= 15 is 0 Å². The van der Waals surface area contributed by atoms with Gasteiger partial charge in [-0.15, -0.1) is 0 Å². The maximum absolute atomic E-state index is 13.5. The Hall–Kier alpha value is -2.01. The second-order valence-electron chi connectivity index (χ2n) is 6.40. The molecule has 1 amide bonds. The van der Waals surface area contributed by atoms with Crippen LogP contribution in [0.15, 0.2) is 42.5 Å². The number of hydrogen-bond donors (Lipinski definition) is 1. The molecule has 24 heavy (non-hydrogen) atoms. The van der Waals surface area contributed by atoms with Gasteiger partial charge in [0.05, 0.1) is 5.41 Å². The van der Waals surface area contributed by atoms with Gasteiger partial charge in [-0.05, 0) is 55.7 Å². The van der Waals surface area contributed by atoms with Crippen LogP contribution in [-0.4, -0.2) is 16.4 Å². The lowest BCUT2D eigenvalue weighted by molar-refractivity contribution is -0.120. The monoisotopic (exact) mass is 347 g/mol. The second kappa shape index (κ2) is 7.26. The number of hydrogen-bond acceptors (Lipinski definition) is 2. The SMILES string of the molecule is Cc1c(CS(C)=O)cccc1NC(=O)C(C)(C)c1cccc(F)c1. The van der Waals surface area contributed by atoms with Crippen LogP contribution in [0.1, 0.15) is 30.5 Å². The maximum atomic E-state index is 13.5. The smallest absolute Gasteiger partial charge is 0.234 e. The maximum Gasteiger partial charge on any atom is 0.234 e. The molecule has 0 bridgehead atoms. The summed E-state index contributed by atoms with van der Waals surface area (Å²) in [5.41, 5.74) is 2.27. The van der Waals surface area contributed by atoms with Gasteiger partial charge in [0.15, 0.2) is 0 Å². The van der Waals surface area contributed by atoms with Crippen LogP contribution in [0.3, 0.4) is 0 Å². The zero-order chi connectivity index (χ0) is 17.9. The molecule has 128 valence electrons. The summed E-state index contributed by atoms with van der Waals surface area (Å²) < 4.78 is 24.9. The van der Waals surface area contributed by atoms with E-state index in [-0.39, 0.29) is 11.7 Å². The van der Waals surface area contributed by atoms with Gasteiger partial charge in [-0.3, -0.25) is 9.00 Å². The number of amides is 1. The summed E-state index contributed by atoms with van der Waals surface area (Å²) in [5.74, 6) is -0.133. The van der Waals surface area contributed by atoms with Crippen molar-refractivity contribution in [3.05, 3.63) is 65.0 Å². The van der Waals surface area contributed by atoms with E-state index in [0.29, 0.717) is 17.0 Å². The summed E-state index contributed by atoms with van der Waals surface area (Å²) in [4.78, 5) is 12.7. The minimum absolute atomic E-state index is 0.217. The molecule has 2 aromatic carbocycles. The highest BCUT2D eigenvalue weighted by Gasteiger charge is 2.30. The average molecular weight is 347 g/mol. The molecule has 0 aliphatic carbocycles. The normalized spacial score (nSPS) is 12.7. The van der Waals surface area contributed by atoms with Gasteiger partial charge in [0.1, 0.15) is 5.82 Å². The van der Waals surface area contributed by atoms with Crippen molar-refractivity contribution in [3.63, 3.8) is 0 Å². The minimum atomic E-state index is -0.952. The van der Waals surface area contributed by atoms with Crippen LogP contribution in [-0.2, 0) is 26.8 Å². The Labute approximate surface area is 144 Å². The Morgan fingerprint density at radius 3 is 2.50 bits per heavy atom. The van der Waals surface area contributed by atoms with Crippen molar-refractivity contribution in [1.29, 1.82) is 0 Å². The first kappa shape index (κ1) is 18.3. The van der Waals surface area contributed by atoms with Gasteiger partial charge in [0.2, 0.25) is 5.91 Å². The molecule has 1 unspecified atom stereocenters. The number of rotatable bonds is 5. The molecule has 0 fully saturated rings. The van der Waals surface area contributed by atoms with Crippen molar-refractivity contribution >= 4 is 22.4 Å². The summed E-state index contributed by atoms with van der Waals surface area (Å²) in [6.07, 6.45) is 1.65. The molecule has 3 nitrogen and oxygen atoms in total. The van der Waals surface area contributed by atoms with Crippen LogP contribution >= 0.6 is 0 Å². The first-order valence-corrected chi connectivity index (χ1v) is 9.40. The third-order valence-electron chi connectivity index (χ3n) is 4.17. The van der Waals surface area contributed by atoms with Crippen molar-refractivity contribution in [2.24, 2.45) is 0 Å². The van der Waals surface area contributed by atoms with E-state index in [0.717, 1.165) is 11.1 Å². The molecule has 1 atom stereocenters. The predicted molar refractivity (Wildman–Crippen MR) is 97.0 cm³/mol. The molecule has 5 heteroatoms. The topological polar surface area (TPSA) is 46.2 Å². The predicted octanol–water partition coefficient (Wildman–Crippen LogP) is 3.93. The number of anilines is 1. The van der Waals surface area contributed by atoms with Gasteiger partial charge < -0.3 is 5.32 Å². The Balaban J connectivity index is 2.27. The van der Waals surface area contributed by atoms with Crippen molar-refractivity contribution in [1.82, 2.24) is 0 Å². The molecule has 0 radical (unpaired) electrons. The van der Waals surface area contributed by atoms with E-state index in [9.17, 15) is 13.4 Å². The van der Waals surface area contributed by atoms with Gasteiger partial charge >= 0.3 is 0 Å². The van der Waals surface area contributed by atoms with E-state index in [1.54, 1.807) is 32.2 Å². The number of carbonyl (C=O) groups is 1. The molecule has 1 N–H and O–H groups in total. The average Bonchev–Trinajstić information content (AvgIpc) is 2.50. The van der Waals surface area contributed by atoms with Crippen LogP contribution in [0.25, 0.3) is 0 Å². The third-order valence-corrected chi connectivity index (χ3v) is 4.88. The quantitative estimate of drug-likeness (QED) is 0.891. The fourth-order valence-corrected chi connectivity index (χ4v) is 3.23. The fourth-order valence-electron chi connectivity index (χ4n) is 2.48. The van der Waals surface area contributed by atoms with Crippen molar-refractivity contribution in [2.75, 3.05) is 11.6 Å². The van der Waals surface area contributed by atoms with E-state index in [1.807, 2.05) is 25.1 Å². The molecule has 2 rings (SSSR count). The van der Waals surface area contributed by atoms with Crippen LogP contribution in [0.5, 0.6) is 0 Å². The standard InChI is InChI=1S/C19H22FNO2S/c1-13-14(12-24(4)23)7-5-10-17(13)21-18(22)19(2,3)15-8-6-9-16(20)11-15/h5-11H,12H2,1-4H3,(H,21,22). The molecule has 0 aromatic heterocycles. The lowest BCUT2D eigenvalue weighted by atomic mass is 9.83. The van der Waals surface area contributed by atoms with E-state index in [1.165, 1.54) is 12.1 Å². The molecule has 0 spiro atoms. The summed E-state index contributed by atoms with van der Waals surface area (Å²) >= 11 is 0. The highest BCUT2D eigenvalue weighted by molar-refractivity contribution is 7.83. The first-order valence-electron chi connectivity index (χ1n) is 7.68. The van der Waals surface area contributed by atoms with Crippen LogP contribution in [0.2, 0.25) is 0 Å². The number of nitrogens with one attached hydrogen (secondary N) is 1. The Bertz CT molecular complexity index is 787. The summed E-state index contributed by atoms with van der Waals surface area (Å²) in [7, 11) is -0.952. The van der Waals surface area contributed by atoms with E-state index in [2.05, 4.69) is 5.32 Å². The lowest BCUT2D eigenvalue weighted by Crippen LogP contribution is -2.35. The Morgan fingerprint density at radius 2 is 1.88 bits per heavy atom. The fraction of sp³-hybridized carbons (Fsp3) is 0.316. The molecular weight excluding hydrogens is 325 g/mol. The van der Waals surface area contributed by atoms with Crippen molar-refractivity contribution < 1.29 is 13.4 Å². The summed E-state index contributed by atoms with van der Waals surface area (Å²) in [6, 6.07) is 11.6. The van der Waals surface area contributed by atoms with E-state index in [4.69, 9.17) is 0 Å². The Kier molecular flexibility index (Phi) is 5.54. The second-order valence-corrected chi connectivity index (χ2v) is 7.83. The largest absolute Gasteiger partial charge is 0.325 e. The molecule has 2 aromatic rings. The summed E-state index contributed by atoms with van der Waals surface area (Å²) in [5, 5.41) is 2.92. The van der Waals surface area contributed by atoms with Gasteiger partial charge in [-0.25, -0.2) is 4.39 Å². The van der Waals surface area contributed by atoms with Gasteiger partial charge in [-0.2, -0.15) is 0 Å². The zero-order valence-electron chi connectivity index (χ0n) is 14.4. The minimum Gasteiger partial charge on any atom is -0.325 e.